The Labute approximate surface area is 182 Å². The summed E-state index contributed by atoms with van der Waals surface area (Å²) in [6.07, 6.45) is 1.04. The molecule has 0 radical (unpaired) electrons. The van der Waals surface area contributed by atoms with Crippen molar-refractivity contribution in [2.24, 2.45) is 7.05 Å². The molecule has 2 atom stereocenters. The predicted octanol–water partition coefficient (Wildman–Crippen LogP) is 2.69. The van der Waals surface area contributed by atoms with Gasteiger partial charge in [-0.1, -0.05) is 6.07 Å². The molecule has 3 heterocycles. The maximum absolute atomic E-state index is 13.5. The summed E-state index contributed by atoms with van der Waals surface area (Å²) >= 11 is 0. The van der Waals surface area contributed by atoms with E-state index >= 15 is 0 Å². The van der Waals surface area contributed by atoms with Crippen molar-refractivity contribution in [1.82, 2.24) is 19.4 Å². The largest absolute Gasteiger partial charge is 0.388 e. The molecule has 162 valence electrons. The molecule has 5 rings (SSSR count). The van der Waals surface area contributed by atoms with Gasteiger partial charge in [-0.15, -0.1) is 0 Å². The van der Waals surface area contributed by atoms with Gasteiger partial charge in [-0.25, -0.2) is 9.37 Å². The molecule has 0 aliphatic carbocycles. The van der Waals surface area contributed by atoms with Gasteiger partial charge >= 0.3 is 0 Å². The van der Waals surface area contributed by atoms with Crippen LogP contribution in [0.1, 0.15) is 16.8 Å². The van der Waals surface area contributed by atoms with E-state index in [0.29, 0.717) is 27.7 Å². The standard InChI is InChI=1S/C24H21FN4O3/c1-28-8-6-14-10-15(2-4-17(14)24(28)32)21-12-26-19-5-3-16(11-20(19)27-21)23(31)29-9-7-18(25)22(30)13-29/h2-6,8,10-12,18,22,30H,7,9,13H2,1H3/t18-,22-/m0/s1. The van der Waals surface area contributed by atoms with Crippen LogP contribution < -0.4 is 5.56 Å². The lowest BCUT2D eigenvalue weighted by atomic mass is 10.0. The highest BCUT2D eigenvalue weighted by atomic mass is 19.1. The van der Waals surface area contributed by atoms with Crippen molar-refractivity contribution in [3.63, 3.8) is 0 Å². The lowest BCUT2D eigenvalue weighted by molar-refractivity contribution is 0.00581. The molecule has 32 heavy (non-hydrogen) atoms. The number of benzene rings is 2. The van der Waals surface area contributed by atoms with Crippen LogP contribution in [0, 0.1) is 0 Å². The smallest absolute Gasteiger partial charge is 0.258 e. The number of carbonyl (C=O) groups is 1. The maximum atomic E-state index is 13.5. The fourth-order valence-corrected chi connectivity index (χ4v) is 4.06. The molecule has 1 saturated heterocycles. The molecule has 8 heteroatoms. The zero-order valence-corrected chi connectivity index (χ0v) is 17.4. The van der Waals surface area contributed by atoms with Crippen LogP contribution in [0.3, 0.4) is 0 Å². The second kappa shape index (κ2) is 7.80. The van der Waals surface area contributed by atoms with Gasteiger partial charge in [0.15, 0.2) is 0 Å². The van der Waals surface area contributed by atoms with Crippen molar-refractivity contribution in [3.05, 3.63) is 70.8 Å². The number of hydrogen-bond acceptors (Lipinski definition) is 5. The Hall–Kier alpha value is -3.65. The van der Waals surface area contributed by atoms with Crippen LogP contribution in [0.2, 0.25) is 0 Å². The van der Waals surface area contributed by atoms with Crippen LogP contribution in [0.5, 0.6) is 0 Å². The summed E-state index contributed by atoms with van der Waals surface area (Å²) in [6, 6.07) is 12.4. The Morgan fingerprint density at radius 3 is 2.81 bits per heavy atom. The summed E-state index contributed by atoms with van der Waals surface area (Å²) in [5, 5.41) is 11.2. The topological polar surface area (TPSA) is 88.3 Å². The third-order valence-electron chi connectivity index (χ3n) is 5.95. The first kappa shape index (κ1) is 20.3. The highest BCUT2D eigenvalue weighted by molar-refractivity contribution is 5.97. The van der Waals surface area contributed by atoms with E-state index in [0.717, 1.165) is 10.9 Å². The quantitative estimate of drug-likeness (QED) is 0.526. The van der Waals surface area contributed by atoms with Gasteiger partial charge in [0, 0.05) is 42.8 Å². The number of halogens is 1. The number of hydrogen-bond donors (Lipinski definition) is 1. The van der Waals surface area contributed by atoms with Gasteiger partial charge < -0.3 is 14.6 Å². The van der Waals surface area contributed by atoms with Gasteiger partial charge in [0.25, 0.3) is 11.5 Å². The van der Waals surface area contributed by atoms with Crippen LogP contribution in [-0.2, 0) is 7.05 Å². The minimum Gasteiger partial charge on any atom is -0.388 e. The Kier molecular flexibility index (Phi) is 4.94. The minimum atomic E-state index is -1.30. The van der Waals surface area contributed by atoms with E-state index in [-0.39, 0.29) is 31.0 Å². The number of aryl methyl sites for hydroxylation is 1. The van der Waals surface area contributed by atoms with Gasteiger partial charge in [0.1, 0.15) is 12.3 Å². The second-order valence-corrected chi connectivity index (χ2v) is 8.12. The number of alkyl halides is 1. The Morgan fingerprint density at radius 1 is 1.16 bits per heavy atom. The molecule has 7 nitrogen and oxygen atoms in total. The molecule has 1 fully saturated rings. The molecule has 1 amide bonds. The van der Waals surface area contributed by atoms with Crippen molar-refractivity contribution in [2.45, 2.75) is 18.7 Å². The summed E-state index contributed by atoms with van der Waals surface area (Å²) in [6.45, 7) is 0.234. The summed E-state index contributed by atoms with van der Waals surface area (Å²) in [5.41, 5.74) is 2.98. The number of aliphatic hydroxyl groups excluding tert-OH is 1. The van der Waals surface area contributed by atoms with Crippen LogP contribution in [0.15, 0.2) is 59.7 Å². The SMILES string of the molecule is Cn1ccc2cc(-c3cnc4ccc(C(=O)N5CC[C@H](F)[C@@H](O)C5)cc4n3)ccc2c1=O. The molecule has 1 aliphatic rings. The van der Waals surface area contributed by atoms with Crippen molar-refractivity contribution >= 4 is 27.7 Å². The van der Waals surface area contributed by atoms with Gasteiger partial charge in [-0.05, 0) is 48.2 Å². The number of fused-ring (bicyclic) bond motifs is 2. The Bertz CT molecular complexity index is 1420. The lowest BCUT2D eigenvalue weighted by Crippen LogP contribution is -2.47. The van der Waals surface area contributed by atoms with E-state index < -0.39 is 12.3 Å². The van der Waals surface area contributed by atoms with E-state index in [1.807, 2.05) is 18.2 Å². The highest BCUT2D eigenvalue weighted by Gasteiger charge is 2.30. The molecular weight excluding hydrogens is 411 g/mol. The fourth-order valence-electron chi connectivity index (χ4n) is 4.06. The molecule has 2 aromatic heterocycles. The van der Waals surface area contributed by atoms with Crippen LogP contribution in [0.4, 0.5) is 4.39 Å². The van der Waals surface area contributed by atoms with E-state index in [4.69, 9.17) is 0 Å². The van der Waals surface area contributed by atoms with Crippen molar-refractivity contribution in [1.29, 1.82) is 0 Å². The van der Waals surface area contributed by atoms with Gasteiger partial charge in [-0.2, -0.15) is 0 Å². The van der Waals surface area contributed by atoms with Crippen LogP contribution in [0.25, 0.3) is 33.1 Å². The Balaban J connectivity index is 1.50. The highest BCUT2D eigenvalue weighted by Crippen LogP contribution is 2.24. The molecule has 0 bridgehead atoms. The summed E-state index contributed by atoms with van der Waals surface area (Å²) < 4.78 is 15.1. The number of nitrogens with zero attached hydrogens (tertiary/aromatic N) is 4. The fraction of sp³-hybridized carbons (Fsp3) is 0.250. The number of pyridine rings is 1. The normalized spacial score (nSPS) is 18.9. The Morgan fingerprint density at radius 2 is 2.00 bits per heavy atom. The maximum Gasteiger partial charge on any atom is 0.258 e. The van der Waals surface area contributed by atoms with Crippen LogP contribution in [-0.4, -0.2) is 55.8 Å². The van der Waals surface area contributed by atoms with Crippen molar-refractivity contribution < 1.29 is 14.3 Å². The molecule has 0 saturated carbocycles. The zero-order chi connectivity index (χ0) is 22.4. The summed E-state index contributed by atoms with van der Waals surface area (Å²) in [5.74, 6) is -0.272. The summed E-state index contributed by atoms with van der Waals surface area (Å²) in [7, 11) is 1.71. The second-order valence-electron chi connectivity index (χ2n) is 8.12. The lowest BCUT2D eigenvalue weighted by Gasteiger charge is -2.32. The van der Waals surface area contributed by atoms with Crippen LogP contribution >= 0.6 is 0 Å². The predicted molar refractivity (Wildman–Crippen MR) is 119 cm³/mol. The first-order chi connectivity index (χ1) is 15.4. The van der Waals surface area contributed by atoms with E-state index in [1.165, 1.54) is 9.47 Å². The first-order valence-electron chi connectivity index (χ1n) is 10.4. The van der Waals surface area contributed by atoms with Crippen molar-refractivity contribution in [3.8, 4) is 11.3 Å². The van der Waals surface area contributed by atoms with E-state index in [9.17, 15) is 19.1 Å². The number of likely N-dealkylation sites (tertiary alicyclic amines) is 1. The number of β-amino-alcohol motifs (C(OH)–C–C–N with tert-alkyl or cyclic N) is 1. The average molecular weight is 432 g/mol. The van der Waals surface area contributed by atoms with Gasteiger partial charge in [-0.3, -0.25) is 14.6 Å². The monoisotopic (exact) mass is 432 g/mol. The number of aliphatic hydroxyl groups is 1. The number of aromatic nitrogens is 3. The molecule has 4 aromatic rings. The zero-order valence-electron chi connectivity index (χ0n) is 17.4. The number of rotatable bonds is 2. The minimum absolute atomic E-state index is 0.0275. The third-order valence-corrected chi connectivity index (χ3v) is 5.95. The average Bonchev–Trinajstić information content (AvgIpc) is 2.82. The van der Waals surface area contributed by atoms with E-state index in [2.05, 4.69) is 9.97 Å². The number of piperidine rings is 1. The molecule has 2 aromatic carbocycles. The number of carbonyl (C=O) groups excluding carboxylic acids is 1. The third kappa shape index (κ3) is 3.52. The number of amides is 1. The summed E-state index contributed by atoms with van der Waals surface area (Å²) in [4.78, 5) is 35.8. The molecule has 1 aliphatic heterocycles. The van der Waals surface area contributed by atoms with Gasteiger partial charge in [0.05, 0.1) is 22.9 Å². The molecule has 0 unspecified atom stereocenters. The van der Waals surface area contributed by atoms with Gasteiger partial charge in [0.2, 0.25) is 0 Å². The molecule has 0 spiro atoms. The first-order valence-corrected chi connectivity index (χ1v) is 10.4. The molecule has 1 N–H and O–H groups in total. The molecular formula is C24H21FN4O3. The van der Waals surface area contributed by atoms with Crippen molar-refractivity contribution in [2.75, 3.05) is 13.1 Å². The van der Waals surface area contributed by atoms with E-state index in [1.54, 1.807) is 43.7 Å².